The summed E-state index contributed by atoms with van der Waals surface area (Å²) >= 11 is 5.81. The van der Waals surface area contributed by atoms with Gasteiger partial charge in [0.15, 0.2) is 5.82 Å². The summed E-state index contributed by atoms with van der Waals surface area (Å²) in [5.41, 5.74) is 0.850. The lowest BCUT2D eigenvalue weighted by atomic mass is 10.2. The molecule has 1 aromatic heterocycles. The van der Waals surface area contributed by atoms with Crippen LogP contribution in [0, 0.1) is 0 Å². The highest BCUT2D eigenvalue weighted by atomic mass is 35.5. The Labute approximate surface area is 129 Å². The van der Waals surface area contributed by atoms with Crippen LogP contribution in [0.1, 0.15) is 10.4 Å². The predicted molar refractivity (Wildman–Crippen MR) is 77.3 cm³/mol. The number of nitrogens with zero attached hydrogens (tertiary/aromatic N) is 2. The van der Waals surface area contributed by atoms with E-state index in [1.54, 1.807) is 0 Å². The third-order valence-electron chi connectivity index (χ3n) is 2.60. The summed E-state index contributed by atoms with van der Waals surface area (Å²) in [7, 11) is -4.49. The van der Waals surface area contributed by atoms with E-state index in [4.69, 9.17) is 22.6 Å². The number of anilines is 1. The van der Waals surface area contributed by atoms with Crippen LogP contribution in [0.3, 0.4) is 0 Å². The molecule has 1 heterocycles. The van der Waals surface area contributed by atoms with Crippen LogP contribution in [0.5, 0.6) is 0 Å². The zero-order chi connectivity index (χ0) is 16.5. The second kappa shape index (κ2) is 5.75. The van der Waals surface area contributed by atoms with Crippen LogP contribution in [0.15, 0.2) is 40.0 Å². The van der Waals surface area contributed by atoms with Crippen molar-refractivity contribution >= 4 is 33.4 Å². The Kier molecular flexibility index (Phi) is 4.17. The van der Waals surface area contributed by atoms with Crippen molar-refractivity contribution in [3.05, 3.63) is 51.3 Å². The number of halogens is 1. The minimum absolute atomic E-state index is 0.0753. The Morgan fingerprint density at radius 3 is 2.59 bits per heavy atom. The van der Waals surface area contributed by atoms with E-state index in [-0.39, 0.29) is 20.5 Å². The summed E-state index contributed by atoms with van der Waals surface area (Å²) < 4.78 is 25.1. The molecule has 4 N–H and O–H groups in total. The van der Waals surface area contributed by atoms with Gasteiger partial charge in [-0.1, -0.05) is 11.6 Å². The number of nitrogens with two attached hydrogens (primary N) is 1. The van der Waals surface area contributed by atoms with Gasteiger partial charge in [0.1, 0.15) is 4.90 Å². The quantitative estimate of drug-likeness (QED) is 0.523. The molecule has 0 bridgehead atoms. The molecule has 0 unspecified atom stereocenters. The lowest BCUT2D eigenvalue weighted by Gasteiger charge is -2.09. The van der Waals surface area contributed by atoms with Crippen LogP contribution in [0.4, 0.5) is 5.82 Å². The highest BCUT2D eigenvalue weighted by Gasteiger charge is 2.24. The van der Waals surface area contributed by atoms with E-state index in [0.717, 1.165) is 24.3 Å². The maximum atomic E-state index is 12.5. The Morgan fingerprint density at radius 2 is 2.00 bits per heavy atom. The van der Waals surface area contributed by atoms with Crippen molar-refractivity contribution in [2.24, 2.45) is 5.84 Å². The van der Waals surface area contributed by atoms with Crippen molar-refractivity contribution in [2.75, 3.05) is 5.43 Å². The molecule has 116 valence electrons. The van der Waals surface area contributed by atoms with Gasteiger partial charge in [-0.05, 0) is 24.3 Å². The second-order valence-corrected chi connectivity index (χ2v) is 6.14. The van der Waals surface area contributed by atoms with E-state index in [1.807, 2.05) is 0 Å². The molecule has 0 atom stereocenters. The molecule has 0 aliphatic heterocycles. The number of hydrogen-bond donors (Lipinski definition) is 3. The molecule has 0 saturated heterocycles. The number of hydrogen-bond acceptors (Lipinski definition) is 7. The van der Waals surface area contributed by atoms with Gasteiger partial charge < -0.3 is 10.5 Å². The zero-order valence-corrected chi connectivity index (χ0v) is 12.3. The lowest BCUT2D eigenvalue weighted by Crippen LogP contribution is -2.30. The standard InChI is InChI=1S/C11H9ClN4O5S/c12-7-2-1-6(11(18)19)5-8(7)22(20,21)16-10(17)4-3-9(14-13)15-16/h1-5H,13H2,(H,14,15)(H,18,19). The second-order valence-electron chi connectivity index (χ2n) is 4.00. The largest absolute Gasteiger partial charge is 0.478 e. The molecule has 9 nitrogen and oxygen atoms in total. The van der Waals surface area contributed by atoms with Crippen molar-refractivity contribution in [3.63, 3.8) is 0 Å². The number of nitrogen functional groups attached to an aromatic ring is 1. The van der Waals surface area contributed by atoms with Crippen LogP contribution in [0.25, 0.3) is 0 Å². The highest BCUT2D eigenvalue weighted by Crippen LogP contribution is 2.24. The average molecular weight is 345 g/mol. The molecule has 0 aliphatic rings. The van der Waals surface area contributed by atoms with Gasteiger partial charge in [0.05, 0.1) is 10.6 Å². The molecule has 22 heavy (non-hydrogen) atoms. The maximum Gasteiger partial charge on any atom is 0.335 e. The maximum absolute atomic E-state index is 12.5. The molecule has 1 aromatic carbocycles. The molecule has 0 aliphatic carbocycles. The smallest absolute Gasteiger partial charge is 0.335 e. The van der Waals surface area contributed by atoms with Crippen molar-refractivity contribution < 1.29 is 18.3 Å². The average Bonchev–Trinajstić information content (AvgIpc) is 2.47. The first-order chi connectivity index (χ1) is 10.3. The number of carbonyl (C=O) groups is 1. The van der Waals surface area contributed by atoms with E-state index < -0.39 is 26.4 Å². The Bertz CT molecular complexity index is 909. The van der Waals surface area contributed by atoms with Gasteiger partial charge in [0, 0.05) is 6.07 Å². The van der Waals surface area contributed by atoms with Crippen molar-refractivity contribution in [1.82, 2.24) is 9.19 Å². The molecule has 2 rings (SSSR count). The fourth-order valence-electron chi connectivity index (χ4n) is 1.57. The molecule has 0 amide bonds. The number of aromatic carboxylic acids is 1. The van der Waals surface area contributed by atoms with Gasteiger partial charge >= 0.3 is 5.97 Å². The number of benzene rings is 1. The number of carboxylic acids is 1. The van der Waals surface area contributed by atoms with E-state index in [9.17, 15) is 18.0 Å². The first-order valence-electron chi connectivity index (χ1n) is 5.63. The molecule has 0 fully saturated rings. The van der Waals surface area contributed by atoms with Crippen LogP contribution >= 0.6 is 11.6 Å². The minimum Gasteiger partial charge on any atom is -0.478 e. The van der Waals surface area contributed by atoms with Gasteiger partial charge in [-0.2, -0.15) is 8.42 Å². The Balaban J connectivity index is 2.73. The van der Waals surface area contributed by atoms with Gasteiger partial charge in [-0.25, -0.2) is 10.6 Å². The first kappa shape index (κ1) is 15.9. The minimum atomic E-state index is -4.49. The molecule has 0 radical (unpaired) electrons. The Morgan fingerprint density at radius 1 is 1.32 bits per heavy atom. The van der Waals surface area contributed by atoms with E-state index in [0.29, 0.717) is 0 Å². The number of carboxylic acid groups (broad SMARTS) is 1. The predicted octanol–water partition coefficient (Wildman–Crippen LogP) is 0.118. The van der Waals surface area contributed by atoms with Gasteiger partial charge in [0.2, 0.25) is 0 Å². The van der Waals surface area contributed by atoms with Crippen molar-refractivity contribution in [1.29, 1.82) is 0 Å². The number of hydrazine groups is 1. The normalized spacial score (nSPS) is 11.2. The monoisotopic (exact) mass is 344 g/mol. The molecule has 2 aromatic rings. The van der Waals surface area contributed by atoms with Crippen molar-refractivity contribution in [2.45, 2.75) is 4.90 Å². The first-order valence-corrected chi connectivity index (χ1v) is 7.44. The number of nitrogens with one attached hydrogen (secondary N) is 1. The van der Waals surface area contributed by atoms with Crippen LogP contribution in [0.2, 0.25) is 5.02 Å². The number of rotatable bonds is 4. The fourth-order valence-corrected chi connectivity index (χ4v) is 3.25. The van der Waals surface area contributed by atoms with E-state index >= 15 is 0 Å². The zero-order valence-electron chi connectivity index (χ0n) is 10.7. The van der Waals surface area contributed by atoms with Crippen LogP contribution < -0.4 is 16.8 Å². The SMILES string of the molecule is NNc1ccc(=O)n(S(=O)(=O)c2cc(C(=O)O)ccc2Cl)n1. The van der Waals surface area contributed by atoms with Crippen LogP contribution in [-0.4, -0.2) is 28.7 Å². The van der Waals surface area contributed by atoms with Gasteiger partial charge in [0.25, 0.3) is 15.6 Å². The summed E-state index contributed by atoms with van der Waals surface area (Å²) in [5.74, 6) is 3.70. The third kappa shape index (κ3) is 2.79. The molecule has 11 heteroatoms. The third-order valence-corrected chi connectivity index (χ3v) is 4.65. The van der Waals surface area contributed by atoms with Crippen LogP contribution in [-0.2, 0) is 10.0 Å². The lowest BCUT2D eigenvalue weighted by molar-refractivity contribution is 0.0696. The molecular weight excluding hydrogens is 336 g/mol. The van der Waals surface area contributed by atoms with Gasteiger partial charge in [-0.3, -0.25) is 4.79 Å². The topological polar surface area (TPSA) is 144 Å². The summed E-state index contributed by atoms with van der Waals surface area (Å²) in [4.78, 5) is 22.1. The molecule has 0 saturated carbocycles. The molecule has 0 spiro atoms. The summed E-state index contributed by atoms with van der Waals surface area (Å²) in [6, 6.07) is 5.21. The fraction of sp³-hybridized carbons (Fsp3) is 0. The highest BCUT2D eigenvalue weighted by molar-refractivity contribution is 7.90. The summed E-state index contributed by atoms with van der Waals surface area (Å²) in [6.07, 6.45) is 0. The van der Waals surface area contributed by atoms with Gasteiger partial charge in [-0.15, -0.1) is 9.19 Å². The number of aromatic nitrogens is 2. The Hall–Kier alpha value is -2.43. The summed E-state index contributed by atoms with van der Waals surface area (Å²) in [6.45, 7) is 0. The van der Waals surface area contributed by atoms with Crippen molar-refractivity contribution in [3.8, 4) is 0 Å². The van der Waals surface area contributed by atoms with E-state index in [1.165, 1.54) is 6.07 Å². The summed E-state index contributed by atoms with van der Waals surface area (Å²) in [5, 5.41) is 12.2. The molecular formula is C11H9ClN4O5S. The van der Waals surface area contributed by atoms with E-state index in [2.05, 4.69) is 10.5 Å².